The van der Waals surface area contributed by atoms with Crippen molar-refractivity contribution >= 4 is 11.8 Å². The van der Waals surface area contributed by atoms with Gasteiger partial charge in [-0.2, -0.15) is 16.9 Å². The molecular formula is C9H15N3S. The largest absolute Gasteiger partial charge is 0.330 e. The molecule has 0 amide bonds. The SMILES string of the molecule is CC(CN)c1ccnn1C1CSC1. The summed E-state index contributed by atoms with van der Waals surface area (Å²) < 4.78 is 2.15. The van der Waals surface area contributed by atoms with Gasteiger partial charge in [0.05, 0.1) is 6.04 Å². The lowest BCUT2D eigenvalue weighted by Crippen LogP contribution is -2.27. The lowest BCUT2D eigenvalue weighted by molar-refractivity contribution is 0.488. The summed E-state index contributed by atoms with van der Waals surface area (Å²) in [6.45, 7) is 2.85. The molecular weight excluding hydrogens is 182 g/mol. The highest BCUT2D eigenvalue weighted by molar-refractivity contribution is 8.00. The molecule has 0 aromatic carbocycles. The Kier molecular flexibility index (Phi) is 2.60. The molecule has 1 aromatic rings. The zero-order valence-electron chi connectivity index (χ0n) is 7.81. The van der Waals surface area contributed by atoms with Gasteiger partial charge in [0.15, 0.2) is 0 Å². The first-order valence-corrected chi connectivity index (χ1v) is 5.79. The van der Waals surface area contributed by atoms with Gasteiger partial charge < -0.3 is 5.73 Å². The lowest BCUT2D eigenvalue weighted by Gasteiger charge is -2.28. The first-order chi connectivity index (χ1) is 6.33. The Balaban J connectivity index is 2.19. The smallest absolute Gasteiger partial charge is 0.0703 e. The summed E-state index contributed by atoms with van der Waals surface area (Å²) in [5, 5.41) is 4.36. The maximum Gasteiger partial charge on any atom is 0.0703 e. The molecule has 13 heavy (non-hydrogen) atoms. The van der Waals surface area contributed by atoms with E-state index in [1.165, 1.54) is 17.2 Å². The summed E-state index contributed by atoms with van der Waals surface area (Å²) in [4.78, 5) is 0. The molecule has 2 heterocycles. The average Bonchev–Trinajstić information content (AvgIpc) is 2.49. The standard InChI is InChI=1S/C9H15N3S/c1-7(4-10)9-2-3-11-12(9)8-5-13-6-8/h2-3,7-8H,4-6,10H2,1H3. The number of thioether (sulfide) groups is 1. The molecule has 1 unspecified atom stereocenters. The predicted molar refractivity (Wildman–Crippen MR) is 56.1 cm³/mol. The zero-order valence-corrected chi connectivity index (χ0v) is 8.63. The van der Waals surface area contributed by atoms with E-state index in [0.29, 0.717) is 18.5 Å². The van der Waals surface area contributed by atoms with Crippen LogP contribution in [0, 0.1) is 0 Å². The van der Waals surface area contributed by atoms with Crippen molar-refractivity contribution in [2.24, 2.45) is 5.73 Å². The summed E-state index contributed by atoms with van der Waals surface area (Å²) in [5.74, 6) is 2.82. The Bertz CT molecular complexity index is 261. The summed E-state index contributed by atoms with van der Waals surface area (Å²) >= 11 is 1.98. The van der Waals surface area contributed by atoms with Gasteiger partial charge in [0.25, 0.3) is 0 Å². The highest BCUT2D eigenvalue weighted by Crippen LogP contribution is 2.31. The monoisotopic (exact) mass is 197 g/mol. The van der Waals surface area contributed by atoms with E-state index in [0.717, 1.165) is 0 Å². The third kappa shape index (κ3) is 1.60. The fourth-order valence-corrected chi connectivity index (χ4v) is 2.23. The molecule has 72 valence electrons. The molecule has 0 spiro atoms. The minimum absolute atomic E-state index is 0.424. The predicted octanol–water partition coefficient (Wildman–Crippen LogP) is 1.23. The maximum atomic E-state index is 5.65. The normalized spacial score (nSPS) is 19.8. The molecule has 0 radical (unpaired) electrons. The zero-order chi connectivity index (χ0) is 9.26. The Labute approximate surface area is 82.7 Å². The van der Waals surface area contributed by atoms with Crippen molar-refractivity contribution < 1.29 is 0 Å². The average molecular weight is 197 g/mol. The fraction of sp³-hybridized carbons (Fsp3) is 0.667. The molecule has 1 aliphatic rings. The van der Waals surface area contributed by atoms with Crippen molar-refractivity contribution in [1.29, 1.82) is 0 Å². The van der Waals surface area contributed by atoms with Crippen LogP contribution >= 0.6 is 11.8 Å². The minimum Gasteiger partial charge on any atom is -0.330 e. The number of nitrogens with two attached hydrogens (primary N) is 1. The van der Waals surface area contributed by atoms with Gasteiger partial charge in [0.2, 0.25) is 0 Å². The number of nitrogens with zero attached hydrogens (tertiary/aromatic N) is 2. The van der Waals surface area contributed by atoms with Gasteiger partial charge >= 0.3 is 0 Å². The third-order valence-corrected chi connectivity index (χ3v) is 3.77. The number of hydrogen-bond acceptors (Lipinski definition) is 3. The van der Waals surface area contributed by atoms with Crippen molar-refractivity contribution in [1.82, 2.24) is 9.78 Å². The minimum atomic E-state index is 0.424. The van der Waals surface area contributed by atoms with Crippen LogP contribution in [0.15, 0.2) is 12.3 Å². The van der Waals surface area contributed by atoms with E-state index in [2.05, 4.69) is 22.8 Å². The van der Waals surface area contributed by atoms with E-state index in [-0.39, 0.29) is 0 Å². The van der Waals surface area contributed by atoms with Crippen LogP contribution in [0.2, 0.25) is 0 Å². The van der Waals surface area contributed by atoms with Gasteiger partial charge in [-0.3, -0.25) is 4.68 Å². The molecule has 2 rings (SSSR count). The number of aromatic nitrogens is 2. The van der Waals surface area contributed by atoms with Crippen LogP contribution in [0.4, 0.5) is 0 Å². The summed E-state index contributed by atoms with van der Waals surface area (Å²) in [6, 6.07) is 2.70. The molecule has 3 nitrogen and oxygen atoms in total. The molecule has 1 fully saturated rings. The highest BCUT2D eigenvalue weighted by atomic mass is 32.2. The number of rotatable bonds is 3. The summed E-state index contributed by atoms with van der Waals surface area (Å²) in [6.07, 6.45) is 1.88. The van der Waals surface area contributed by atoms with Crippen molar-refractivity contribution in [2.45, 2.75) is 18.9 Å². The van der Waals surface area contributed by atoms with Crippen LogP contribution < -0.4 is 5.73 Å². The Hall–Kier alpha value is -0.480. The fourth-order valence-electron chi connectivity index (χ4n) is 1.50. The Morgan fingerprint density at radius 2 is 2.54 bits per heavy atom. The van der Waals surface area contributed by atoms with E-state index >= 15 is 0 Å². The van der Waals surface area contributed by atoms with Crippen LogP contribution in [-0.2, 0) is 0 Å². The van der Waals surface area contributed by atoms with E-state index in [1.807, 2.05) is 18.0 Å². The molecule has 1 aromatic heterocycles. The van der Waals surface area contributed by atoms with Crippen LogP contribution in [0.3, 0.4) is 0 Å². The third-order valence-electron chi connectivity index (χ3n) is 2.53. The second-order valence-electron chi connectivity index (χ2n) is 3.53. The van der Waals surface area contributed by atoms with Gasteiger partial charge in [-0.05, 0) is 6.07 Å². The van der Waals surface area contributed by atoms with Gasteiger partial charge in [-0.25, -0.2) is 0 Å². The van der Waals surface area contributed by atoms with Gasteiger partial charge in [0, 0.05) is 35.9 Å². The number of hydrogen-bond donors (Lipinski definition) is 1. The van der Waals surface area contributed by atoms with E-state index < -0.39 is 0 Å². The van der Waals surface area contributed by atoms with Crippen LogP contribution in [0.25, 0.3) is 0 Å². The molecule has 1 atom stereocenters. The maximum absolute atomic E-state index is 5.65. The molecule has 2 N–H and O–H groups in total. The van der Waals surface area contributed by atoms with Crippen LogP contribution in [-0.4, -0.2) is 27.8 Å². The van der Waals surface area contributed by atoms with E-state index in [1.54, 1.807) is 0 Å². The summed E-state index contributed by atoms with van der Waals surface area (Å²) in [7, 11) is 0. The van der Waals surface area contributed by atoms with Crippen molar-refractivity contribution in [3.05, 3.63) is 18.0 Å². The molecule has 1 saturated heterocycles. The molecule has 0 bridgehead atoms. The van der Waals surface area contributed by atoms with Gasteiger partial charge in [0.1, 0.15) is 0 Å². The van der Waals surface area contributed by atoms with Gasteiger partial charge in [-0.1, -0.05) is 6.92 Å². The van der Waals surface area contributed by atoms with Crippen molar-refractivity contribution in [3.8, 4) is 0 Å². The highest BCUT2D eigenvalue weighted by Gasteiger charge is 2.23. The Morgan fingerprint density at radius 1 is 1.77 bits per heavy atom. The quantitative estimate of drug-likeness (QED) is 0.792. The second-order valence-corrected chi connectivity index (χ2v) is 4.60. The van der Waals surface area contributed by atoms with Crippen molar-refractivity contribution in [2.75, 3.05) is 18.1 Å². The lowest BCUT2D eigenvalue weighted by atomic mass is 10.1. The van der Waals surface area contributed by atoms with E-state index in [9.17, 15) is 0 Å². The van der Waals surface area contributed by atoms with Crippen molar-refractivity contribution in [3.63, 3.8) is 0 Å². The summed E-state index contributed by atoms with van der Waals surface area (Å²) in [5.41, 5.74) is 6.93. The molecule has 1 aliphatic heterocycles. The first kappa shape index (κ1) is 9.09. The Morgan fingerprint density at radius 3 is 3.08 bits per heavy atom. The van der Waals surface area contributed by atoms with Crippen LogP contribution in [0.1, 0.15) is 24.6 Å². The molecule has 0 aliphatic carbocycles. The van der Waals surface area contributed by atoms with Gasteiger partial charge in [-0.15, -0.1) is 0 Å². The van der Waals surface area contributed by atoms with E-state index in [4.69, 9.17) is 5.73 Å². The molecule has 4 heteroatoms. The molecule has 0 saturated carbocycles. The van der Waals surface area contributed by atoms with Crippen LogP contribution in [0.5, 0.6) is 0 Å². The second kappa shape index (κ2) is 3.72. The first-order valence-electron chi connectivity index (χ1n) is 4.64. The topological polar surface area (TPSA) is 43.8 Å².